The Labute approximate surface area is 219 Å². The molecule has 2 unspecified atom stereocenters. The highest BCUT2D eigenvalue weighted by molar-refractivity contribution is 6.03. The number of benzene rings is 1. The molecule has 3 fully saturated rings. The van der Waals surface area contributed by atoms with Gasteiger partial charge in [0.2, 0.25) is 0 Å². The Morgan fingerprint density at radius 3 is 2.14 bits per heavy atom. The minimum atomic E-state index is -0.608. The van der Waals surface area contributed by atoms with Crippen molar-refractivity contribution >= 4 is 18.0 Å². The normalized spacial score (nSPS) is 26.4. The van der Waals surface area contributed by atoms with Crippen molar-refractivity contribution in [1.29, 1.82) is 0 Å². The second-order valence-electron chi connectivity index (χ2n) is 11.7. The zero-order valence-corrected chi connectivity index (χ0v) is 23.0. The Hall–Kier alpha value is -2.81. The summed E-state index contributed by atoms with van der Waals surface area (Å²) in [6.45, 7) is 12.8. The lowest BCUT2D eigenvalue weighted by molar-refractivity contribution is -0.00313. The molecule has 0 spiro atoms. The van der Waals surface area contributed by atoms with Gasteiger partial charge >= 0.3 is 18.0 Å². The summed E-state index contributed by atoms with van der Waals surface area (Å²) in [5.74, 6) is 1.07. The summed E-state index contributed by atoms with van der Waals surface area (Å²) in [4.78, 5) is 41.0. The molecular formula is C28H40N2O7. The van der Waals surface area contributed by atoms with Gasteiger partial charge in [0, 0.05) is 44.6 Å². The van der Waals surface area contributed by atoms with Gasteiger partial charge in [-0.05, 0) is 70.6 Å². The summed E-state index contributed by atoms with van der Waals surface area (Å²) >= 11 is 0. The number of hydrogen-bond donors (Lipinski definition) is 0. The van der Waals surface area contributed by atoms with E-state index in [0.717, 1.165) is 32.5 Å². The monoisotopic (exact) mass is 516 g/mol. The van der Waals surface area contributed by atoms with Crippen LogP contribution in [0.2, 0.25) is 0 Å². The van der Waals surface area contributed by atoms with E-state index in [1.165, 1.54) is 20.3 Å². The van der Waals surface area contributed by atoms with Gasteiger partial charge in [-0.15, -0.1) is 0 Å². The van der Waals surface area contributed by atoms with Crippen LogP contribution in [0.3, 0.4) is 0 Å². The zero-order chi connectivity index (χ0) is 27.1. The number of nitrogens with zero attached hydrogens (tertiary/aromatic N) is 2. The molecule has 4 rings (SSSR count). The van der Waals surface area contributed by atoms with Crippen molar-refractivity contribution in [2.75, 3.05) is 33.9 Å². The Bertz CT molecular complexity index is 1020. The molecule has 0 aromatic heterocycles. The zero-order valence-electron chi connectivity index (χ0n) is 23.0. The highest BCUT2D eigenvalue weighted by atomic mass is 16.6. The van der Waals surface area contributed by atoms with E-state index in [9.17, 15) is 14.4 Å². The standard InChI is InChI=1S/C28H40N2O7/c1-16(2)30(15-24-22-13-29(14-23(22)24)27(33)37-28(3,4)5)17-10-19(11-17)36-18-8-9-20(25(31)34-6)21(12-18)26(32)35-7/h8-9,12,16-17,19,22-24H,10-11,13-15H2,1-7H3/t17?,19?,22-,23?,24?/m1/s1. The highest BCUT2D eigenvalue weighted by Gasteiger charge is 2.58. The third-order valence-corrected chi connectivity index (χ3v) is 7.75. The van der Waals surface area contributed by atoms with Crippen molar-refractivity contribution in [2.24, 2.45) is 17.8 Å². The summed E-state index contributed by atoms with van der Waals surface area (Å²) in [6.07, 6.45) is 1.64. The minimum absolute atomic E-state index is 0.0436. The molecule has 3 atom stereocenters. The van der Waals surface area contributed by atoms with Crippen LogP contribution in [0.25, 0.3) is 0 Å². The molecule has 9 nitrogen and oxygen atoms in total. The molecule has 0 N–H and O–H groups in total. The number of carbonyl (C=O) groups excluding carboxylic acids is 3. The van der Waals surface area contributed by atoms with Crippen LogP contribution in [-0.2, 0) is 14.2 Å². The number of rotatable bonds is 8. The summed E-state index contributed by atoms with van der Waals surface area (Å²) in [6, 6.07) is 5.62. The van der Waals surface area contributed by atoms with Gasteiger partial charge in [-0.3, -0.25) is 4.90 Å². The second-order valence-corrected chi connectivity index (χ2v) is 11.7. The smallest absolute Gasteiger partial charge is 0.410 e. The molecule has 0 bridgehead atoms. The van der Waals surface area contributed by atoms with E-state index < -0.39 is 17.5 Å². The van der Waals surface area contributed by atoms with Crippen molar-refractivity contribution in [3.63, 3.8) is 0 Å². The molecule has 1 saturated heterocycles. The van der Waals surface area contributed by atoms with Gasteiger partial charge in [0.15, 0.2) is 0 Å². The van der Waals surface area contributed by atoms with Crippen LogP contribution in [0.15, 0.2) is 18.2 Å². The van der Waals surface area contributed by atoms with Crippen molar-refractivity contribution in [1.82, 2.24) is 9.80 Å². The maximum absolute atomic E-state index is 12.4. The lowest BCUT2D eigenvalue weighted by Gasteiger charge is -2.45. The van der Waals surface area contributed by atoms with Gasteiger partial charge in [0.25, 0.3) is 0 Å². The Kier molecular flexibility index (Phi) is 7.74. The van der Waals surface area contributed by atoms with Gasteiger partial charge in [-0.25, -0.2) is 14.4 Å². The molecule has 2 saturated carbocycles. The van der Waals surface area contributed by atoms with Crippen molar-refractivity contribution < 1.29 is 33.3 Å². The van der Waals surface area contributed by atoms with Crippen molar-refractivity contribution in [3.8, 4) is 5.75 Å². The Morgan fingerprint density at radius 1 is 1.00 bits per heavy atom. The van der Waals surface area contributed by atoms with Crippen LogP contribution in [0.5, 0.6) is 5.75 Å². The molecule has 9 heteroatoms. The van der Waals surface area contributed by atoms with Gasteiger partial charge in [-0.2, -0.15) is 0 Å². The van der Waals surface area contributed by atoms with E-state index in [-0.39, 0.29) is 23.3 Å². The molecule has 37 heavy (non-hydrogen) atoms. The SMILES string of the molecule is COC(=O)c1ccc(OC2CC(N(CC3C4CN(C(=O)OC(C)(C)C)C[C@H]43)C(C)C)C2)cc1C(=O)OC. The van der Waals surface area contributed by atoms with Crippen LogP contribution in [0.1, 0.15) is 68.2 Å². The minimum Gasteiger partial charge on any atom is -0.490 e. The first kappa shape index (κ1) is 27.2. The molecule has 204 valence electrons. The fraction of sp³-hybridized carbons (Fsp3) is 0.679. The van der Waals surface area contributed by atoms with Crippen LogP contribution in [-0.4, -0.2) is 85.5 Å². The number of piperidine rings is 1. The summed E-state index contributed by atoms with van der Waals surface area (Å²) in [5.41, 5.74) is -0.184. The largest absolute Gasteiger partial charge is 0.490 e. The first-order valence-corrected chi connectivity index (χ1v) is 13.1. The van der Waals surface area contributed by atoms with E-state index in [2.05, 4.69) is 18.7 Å². The number of likely N-dealkylation sites (tertiary alicyclic amines) is 1. The van der Waals surface area contributed by atoms with Gasteiger partial charge in [0.1, 0.15) is 17.5 Å². The number of ether oxygens (including phenoxy) is 4. The Balaban J connectivity index is 1.29. The number of amides is 1. The topological polar surface area (TPSA) is 94.6 Å². The maximum atomic E-state index is 12.4. The first-order valence-electron chi connectivity index (χ1n) is 13.1. The molecule has 1 heterocycles. The third kappa shape index (κ3) is 6.03. The average Bonchev–Trinajstić information content (AvgIpc) is 3.24. The van der Waals surface area contributed by atoms with Crippen molar-refractivity contribution in [3.05, 3.63) is 29.3 Å². The number of hydrogen-bond acceptors (Lipinski definition) is 8. The number of methoxy groups -OCH3 is 2. The maximum Gasteiger partial charge on any atom is 0.410 e. The Morgan fingerprint density at radius 2 is 1.59 bits per heavy atom. The van der Waals surface area contributed by atoms with Gasteiger partial charge in [0.05, 0.1) is 25.3 Å². The molecule has 1 aromatic rings. The van der Waals surface area contributed by atoms with Crippen LogP contribution in [0.4, 0.5) is 4.79 Å². The van der Waals surface area contributed by atoms with E-state index in [1.807, 2.05) is 25.7 Å². The van der Waals surface area contributed by atoms with E-state index in [0.29, 0.717) is 35.6 Å². The molecule has 1 aromatic carbocycles. The molecular weight excluding hydrogens is 476 g/mol. The molecule has 1 aliphatic heterocycles. The van der Waals surface area contributed by atoms with E-state index >= 15 is 0 Å². The molecule has 0 radical (unpaired) electrons. The van der Waals surface area contributed by atoms with Crippen molar-refractivity contribution in [2.45, 2.75) is 71.2 Å². The fourth-order valence-corrected chi connectivity index (χ4v) is 5.68. The predicted molar refractivity (Wildman–Crippen MR) is 137 cm³/mol. The number of esters is 2. The quantitative estimate of drug-likeness (QED) is 0.378. The highest BCUT2D eigenvalue weighted by Crippen LogP contribution is 2.53. The lowest BCUT2D eigenvalue weighted by atomic mass is 9.86. The first-order chi connectivity index (χ1) is 17.4. The van der Waals surface area contributed by atoms with E-state index in [1.54, 1.807) is 12.1 Å². The summed E-state index contributed by atoms with van der Waals surface area (Å²) in [7, 11) is 2.55. The summed E-state index contributed by atoms with van der Waals surface area (Å²) < 4.78 is 21.3. The van der Waals surface area contributed by atoms with Crippen LogP contribution < -0.4 is 4.74 Å². The second kappa shape index (κ2) is 10.5. The number of carbonyl (C=O) groups is 3. The van der Waals surface area contributed by atoms with Gasteiger partial charge < -0.3 is 23.8 Å². The lowest BCUT2D eigenvalue weighted by Crippen LogP contribution is -2.52. The van der Waals surface area contributed by atoms with E-state index in [4.69, 9.17) is 18.9 Å². The fourth-order valence-electron chi connectivity index (χ4n) is 5.68. The number of fused-ring (bicyclic) bond motifs is 1. The predicted octanol–water partition coefficient (Wildman–Crippen LogP) is 3.99. The molecule has 1 amide bonds. The summed E-state index contributed by atoms with van der Waals surface area (Å²) in [5, 5.41) is 0. The average molecular weight is 517 g/mol. The third-order valence-electron chi connectivity index (χ3n) is 7.75. The van der Waals surface area contributed by atoms with Gasteiger partial charge in [-0.1, -0.05) is 0 Å². The van der Waals surface area contributed by atoms with Crippen LogP contribution in [0, 0.1) is 17.8 Å². The molecule has 3 aliphatic rings. The molecule has 2 aliphatic carbocycles. The van der Waals surface area contributed by atoms with Crippen LogP contribution >= 0.6 is 0 Å².